The topological polar surface area (TPSA) is 54.9 Å². The minimum Gasteiger partial charge on any atom is -0.369 e. The predicted molar refractivity (Wildman–Crippen MR) is 49.1 cm³/mol. The summed E-state index contributed by atoms with van der Waals surface area (Å²) in [6, 6.07) is 0. The minimum atomic E-state index is -0.205. The van der Waals surface area contributed by atoms with E-state index in [0.717, 1.165) is 11.8 Å². The molecule has 0 fully saturated rings. The fourth-order valence-corrected chi connectivity index (χ4v) is 1.79. The van der Waals surface area contributed by atoms with Gasteiger partial charge in [0.1, 0.15) is 23.1 Å². The van der Waals surface area contributed by atoms with Gasteiger partial charge in [0.2, 0.25) is 0 Å². The molecule has 0 spiro atoms. The number of anilines is 1. The summed E-state index contributed by atoms with van der Waals surface area (Å²) >= 11 is 5.90. The van der Waals surface area contributed by atoms with Gasteiger partial charge in [-0.2, -0.15) is 0 Å². The van der Waals surface area contributed by atoms with Crippen LogP contribution in [-0.4, -0.2) is 22.8 Å². The van der Waals surface area contributed by atoms with Crippen LogP contribution < -0.4 is 5.32 Å². The number of hydrogen-bond donors (Lipinski definition) is 1. The molecule has 0 radical (unpaired) electrons. The highest BCUT2D eigenvalue weighted by Crippen LogP contribution is 2.33. The van der Waals surface area contributed by atoms with E-state index in [4.69, 9.17) is 11.6 Å². The van der Waals surface area contributed by atoms with Crippen LogP contribution in [0, 0.1) is 6.92 Å². The first kappa shape index (κ1) is 8.44. The van der Waals surface area contributed by atoms with Gasteiger partial charge in [0.15, 0.2) is 0 Å². The fraction of sp³-hybridized carbons (Fsp3) is 0.375. The number of carbonyl (C=O) groups excluding carboxylic acids is 1. The Labute approximate surface area is 80.3 Å². The van der Waals surface area contributed by atoms with E-state index < -0.39 is 0 Å². The Kier molecular flexibility index (Phi) is 1.92. The molecule has 13 heavy (non-hydrogen) atoms. The maximum Gasteiger partial charge on any atom is 0.138 e. The summed E-state index contributed by atoms with van der Waals surface area (Å²) in [7, 11) is 0. The summed E-state index contributed by atoms with van der Waals surface area (Å²) in [5, 5.41) is 3.40. The van der Waals surface area contributed by atoms with Crippen LogP contribution in [0.4, 0.5) is 5.82 Å². The van der Waals surface area contributed by atoms with E-state index in [-0.39, 0.29) is 5.92 Å². The van der Waals surface area contributed by atoms with Gasteiger partial charge in [-0.15, -0.1) is 0 Å². The molecule has 68 valence electrons. The normalized spacial score (nSPS) is 19.4. The summed E-state index contributed by atoms with van der Waals surface area (Å²) in [5.74, 6) is 1.10. The SMILES string of the molecule is Cc1nc(Cl)c2c(n1)NCC2C=O. The molecule has 0 amide bonds. The van der Waals surface area contributed by atoms with E-state index >= 15 is 0 Å². The zero-order valence-electron chi connectivity index (χ0n) is 7.04. The van der Waals surface area contributed by atoms with Crippen molar-refractivity contribution in [3.8, 4) is 0 Å². The molecule has 1 aliphatic heterocycles. The molecule has 0 saturated carbocycles. The van der Waals surface area contributed by atoms with Crippen LogP contribution in [0.1, 0.15) is 17.3 Å². The lowest BCUT2D eigenvalue weighted by Crippen LogP contribution is -2.02. The molecule has 4 nitrogen and oxygen atoms in total. The molecule has 2 heterocycles. The van der Waals surface area contributed by atoms with Crippen LogP contribution >= 0.6 is 11.6 Å². The van der Waals surface area contributed by atoms with Crippen molar-refractivity contribution >= 4 is 23.7 Å². The number of hydrogen-bond acceptors (Lipinski definition) is 4. The average Bonchev–Trinajstić information content (AvgIpc) is 2.47. The van der Waals surface area contributed by atoms with E-state index in [0.29, 0.717) is 23.3 Å². The molecule has 1 atom stereocenters. The van der Waals surface area contributed by atoms with Crippen LogP contribution in [0.2, 0.25) is 5.15 Å². The van der Waals surface area contributed by atoms with Gasteiger partial charge < -0.3 is 10.1 Å². The quantitative estimate of drug-likeness (QED) is 0.542. The summed E-state index contributed by atoms with van der Waals surface area (Å²) in [6.45, 7) is 2.33. The molecular formula is C8H8ClN3O. The van der Waals surface area contributed by atoms with Gasteiger partial charge >= 0.3 is 0 Å². The van der Waals surface area contributed by atoms with Gasteiger partial charge in [-0.3, -0.25) is 0 Å². The molecule has 0 bridgehead atoms. The van der Waals surface area contributed by atoms with Gasteiger partial charge in [0.05, 0.1) is 5.92 Å². The van der Waals surface area contributed by atoms with Gasteiger partial charge in [-0.25, -0.2) is 9.97 Å². The van der Waals surface area contributed by atoms with Crippen LogP contribution in [0.25, 0.3) is 0 Å². The Morgan fingerprint density at radius 3 is 3.08 bits per heavy atom. The number of nitrogens with zero attached hydrogens (tertiary/aromatic N) is 2. The monoisotopic (exact) mass is 197 g/mol. The van der Waals surface area contributed by atoms with Gasteiger partial charge in [0, 0.05) is 12.1 Å². The van der Waals surface area contributed by atoms with Crippen molar-refractivity contribution in [1.82, 2.24) is 9.97 Å². The van der Waals surface area contributed by atoms with Gasteiger partial charge in [-0.05, 0) is 6.92 Å². The summed E-state index contributed by atoms with van der Waals surface area (Å²) in [5.41, 5.74) is 0.724. The minimum absolute atomic E-state index is 0.205. The molecule has 1 aliphatic rings. The highest BCUT2D eigenvalue weighted by atomic mass is 35.5. The first-order chi connectivity index (χ1) is 6.22. The lowest BCUT2D eigenvalue weighted by atomic mass is 10.1. The molecule has 1 unspecified atom stereocenters. The molecule has 0 aliphatic carbocycles. The van der Waals surface area contributed by atoms with Crippen molar-refractivity contribution in [3.05, 3.63) is 16.5 Å². The van der Waals surface area contributed by atoms with Crippen molar-refractivity contribution < 1.29 is 4.79 Å². The Morgan fingerprint density at radius 2 is 2.38 bits per heavy atom. The third-order valence-electron chi connectivity index (χ3n) is 2.04. The third-order valence-corrected chi connectivity index (χ3v) is 2.32. The number of aldehydes is 1. The van der Waals surface area contributed by atoms with E-state index in [9.17, 15) is 4.79 Å². The van der Waals surface area contributed by atoms with Crippen molar-refractivity contribution in [2.45, 2.75) is 12.8 Å². The summed E-state index contributed by atoms with van der Waals surface area (Å²) < 4.78 is 0. The zero-order valence-corrected chi connectivity index (χ0v) is 7.80. The largest absolute Gasteiger partial charge is 0.369 e. The number of halogens is 1. The number of aryl methyl sites for hydroxylation is 1. The highest BCUT2D eigenvalue weighted by molar-refractivity contribution is 6.30. The van der Waals surface area contributed by atoms with Crippen molar-refractivity contribution in [3.63, 3.8) is 0 Å². The molecular weight excluding hydrogens is 190 g/mol. The molecule has 1 aromatic rings. The van der Waals surface area contributed by atoms with E-state index in [1.54, 1.807) is 6.92 Å². The van der Waals surface area contributed by atoms with E-state index in [1.165, 1.54) is 0 Å². The Balaban J connectivity index is 2.57. The molecule has 0 aromatic carbocycles. The fourth-order valence-electron chi connectivity index (χ4n) is 1.44. The van der Waals surface area contributed by atoms with Crippen LogP contribution in [0.5, 0.6) is 0 Å². The second-order valence-electron chi connectivity index (χ2n) is 2.95. The lowest BCUT2D eigenvalue weighted by molar-refractivity contribution is -0.108. The van der Waals surface area contributed by atoms with Crippen molar-refractivity contribution in [2.24, 2.45) is 0 Å². The molecule has 1 N–H and O–H groups in total. The van der Waals surface area contributed by atoms with Gasteiger partial charge in [0.25, 0.3) is 0 Å². The third kappa shape index (κ3) is 1.27. The molecule has 5 heteroatoms. The van der Waals surface area contributed by atoms with Crippen molar-refractivity contribution in [1.29, 1.82) is 0 Å². The number of fused-ring (bicyclic) bond motifs is 1. The number of aromatic nitrogens is 2. The van der Waals surface area contributed by atoms with E-state index in [2.05, 4.69) is 15.3 Å². The predicted octanol–water partition coefficient (Wildman–Crippen LogP) is 1.15. The number of carbonyl (C=O) groups is 1. The highest BCUT2D eigenvalue weighted by Gasteiger charge is 2.26. The maximum absolute atomic E-state index is 10.7. The first-order valence-corrected chi connectivity index (χ1v) is 4.33. The lowest BCUT2D eigenvalue weighted by Gasteiger charge is -2.03. The van der Waals surface area contributed by atoms with E-state index in [1.807, 2.05) is 0 Å². The van der Waals surface area contributed by atoms with Crippen LogP contribution in [-0.2, 0) is 4.79 Å². The second kappa shape index (κ2) is 2.96. The summed E-state index contributed by atoms with van der Waals surface area (Å²) in [4.78, 5) is 18.8. The standard InChI is InChI=1S/C8H8ClN3O/c1-4-11-7(9)6-5(3-13)2-10-8(6)12-4/h3,5H,2H2,1H3,(H,10,11,12). The van der Waals surface area contributed by atoms with Crippen molar-refractivity contribution in [2.75, 3.05) is 11.9 Å². The second-order valence-corrected chi connectivity index (χ2v) is 3.31. The molecule has 0 saturated heterocycles. The molecule has 2 rings (SSSR count). The summed E-state index contributed by atoms with van der Waals surface area (Å²) in [6.07, 6.45) is 0.864. The Bertz CT molecular complexity index is 367. The van der Waals surface area contributed by atoms with Gasteiger partial charge in [-0.1, -0.05) is 11.6 Å². The number of rotatable bonds is 1. The number of nitrogens with one attached hydrogen (secondary N) is 1. The van der Waals surface area contributed by atoms with Crippen LogP contribution in [0.15, 0.2) is 0 Å². The maximum atomic E-state index is 10.7. The van der Waals surface area contributed by atoms with Crippen LogP contribution in [0.3, 0.4) is 0 Å². The first-order valence-electron chi connectivity index (χ1n) is 3.95. The average molecular weight is 198 g/mol. The molecule has 1 aromatic heterocycles. The Hall–Kier alpha value is -1.16. The smallest absolute Gasteiger partial charge is 0.138 e. The Morgan fingerprint density at radius 1 is 1.62 bits per heavy atom. The zero-order chi connectivity index (χ0) is 9.42.